The quantitative estimate of drug-likeness (QED) is 0.644. The SMILES string of the molecule is CCc1ccc(CC)c(C(Cl)c2cc(C)cc(F)c2)c1. The lowest BCUT2D eigenvalue weighted by atomic mass is 9.94. The van der Waals surface area contributed by atoms with Gasteiger partial charge in [0.15, 0.2) is 0 Å². The van der Waals surface area contributed by atoms with Crippen LogP contribution >= 0.6 is 11.6 Å². The molecule has 0 spiro atoms. The van der Waals surface area contributed by atoms with Gasteiger partial charge in [-0.25, -0.2) is 4.39 Å². The second kappa shape index (κ2) is 6.41. The molecule has 0 fully saturated rings. The largest absolute Gasteiger partial charge is 0.207 e. The maximum absolute atomic E-state index is 13.6. The number of aryl methyl sites for hydroxylation is 3. The van der Waals surface area contributed by atoms with Gasteiger partial charge in [-0.05, 0) is 59.7 Å². The lowest BCUT2D eigenvalue weighted by Crippen LogP contribution is -2.01. The Morgan fingerprint density at radius 1 is 1.05 bits per heavy atom. The van der Waals surface area contributed by atoms with Crippen LogP contribution in [0.15, 0.2) is 36.4 Å². The molecule has 0 aliphatic rings. The molecule has 0 N–H and O–H groups in total. The molecule has 1 atom stereocenters. The molecule has 0 aliphatic heterocycles. The summed E-state index contributed by atoms with van der Waals surface area (Å²) in [7, 11) is 0. The van der Waals surface area contributed by atoms with E-state index < -0.39 is 0 Å². The van der Waals surface area contributed by atoms with Crippen LogP contribution in [0.1, 0.15) is 47.0 Å². The molecule has 0 nitrogen and oxygen atoms in total. The fourth-order valence-corrected chi connectivity index (χ4v) is 2.84. The molecular weight excluding hydrogens is 271 g/mol. The molecule has 2 heteroatoms. The zero-order chi connectivity index (χ0) is 14.7. The first-order valence-electron chi connectivity index (χ1n) is 7.08. The summed E-state index contributed by atoms with van der Waals surface area (Å²) in [6, 6.07) is 11.4. The van der Waals surface area contributed by atoms with Crippen molar-refractivity contribution in [3.8, 4) is 0 Å². The molecule has 2 rings (SSSR count). The number of hydrogen-bond donors (Lipinski definition) is 0. The zero-order valence-electron chi connectivity index (χ0n) is 12.2. The summed E-state index contributed by atoms with van der Waals surface area (Å²) in [6.07, 6.45) is 1.90. The second-order valence-electron chi connectivity index (χ2n) is 5.16. The number of rotatable bonds is 4. The fourth-order valence-electron chi connectivity index (χ4n) is 2.51. The normalized spacial score (nSPS) is 12.4. The van der Waals surface area contributed by atoms with Crippen LogP contribution in [0.5, 0.6) is 0 Å². The molecule has 0 heterocycles. The standard InChI is InChI=1S/C18H20ClF/c1-4-13-6-7-14(5-2)17(10-13)18(19)15-8-12(3)9-16(20)11-15/h6-11,18H,4-5H2,1-3H3. The number of alkyl halides is 1. The van der Waals surface area contributed by atoms with Gasteiger partial charge in [0, 0.05) is 0 Å². The molecule has 0 aliphatic carbocycles. The number of benzene rings is 2. The second-order valence-corrected chi connectivity index (χ2v) is 5.60. The van der Waals surface area contributed by atoms with Crippen LogP contribution in [0, 0.1) is 12.7 Å². The third-order valence-electron chi connectivity index (χ3n) is 3.63. The average molecular weight is 291 g/mol. The van der Waals surface area contributed by atoms with Gasteiger partial charge in [0.05, 0.1) is 5.38 Å². The van der Waals surface area contributed by atoms with Gasteiger partial charge in [-0.15, -0.1) is 11.6 Å². The summed E-state index contributed by atoms with van der Waals surface area (Å²) in [5.41, 5.74) is 5.31. The molecular formula is C18H20ClF. The molecule has 2 aromatic carbocycles. The molecule has 0 radical (unpaired) electrons. The molecule has 1 unspecified atom stereocenters. The average Bonchev–Trinajstić information content (AvgIpc) is 2.44. The number of halogens is 2. The van der Waals surface area contributed by atoms with Gasteiger partial charge >= 0.3 is 0 Å². The minimum Gasteiger partial charge on any atom is -0.207 e. The van der Waals surface area contributed by atoms with Crippen LogP contribution in [0.25, 0.3) is 0 Å². The Bertz CT molecular complexity index is 584. The number of hydrogen-bond acceptors (Lipinski definition) is 0. The van der Waals surface area contributed by atoms with Crippen molar-refractivity contribution in [1.29, 1.82) is 0 Å². The van der Waals surface area contributed by atoms with E-state index in [9.17, 15) is 4.39 Å². The van der Waals surface area contributed by atoms with E-state index in [2.05, 4.69) is 32.0 Å². The van der Waals surface area contributed by atoms with Crippen LogP contribution < -0.4 is 0 Å². The van der Waals surface area contributed by atoms with Gasteiger partial charge < -0.3 is 0 Å². The van der Waals surface area contributed by atoms with Crippen molar-refractivity contribution >= 4 is 11.6 Å². The van der Waals surface area contributed by atoms with Crippen molar-refractivity contribution in [3.63, 3.8) is 0 Å². The Morgan fingerprint density at radius 3 is 2.40 bits per heavy atom. The van der Waals surface area contributed by atoms with Gasteiger partial charge in [0.25, 0.3) is 0 Å². The fraction of sp³-hybridized carbons (Fsp3) is 0.333. The van der Waals surface area contributed by atoms with Crippen molar-refractivity contribution in [1.82, 2.24) is 0 Å². The smallest absolute Gasteiger partial charge is 0.123 e. The first-order chi connectivity index (χ1) is 9.55. The summed E-state index contributed by atoms with van der Waals surface area (Å²) >= 11 is 6.62. The summed E-state index contributed by atoms with van der Waals surface area (Å²) < 4.78 is 13.6. The van der Waals surface area contributed by atoms with Crippen molar-refractivity contribution in [2.75, 3.05) is 0 Å². The van der Waals surface area contributed by atoms with E-state index in [0.29, 0.717) is 0 Å². The molecule has 0 amide bonds. The van der Waals surface area contributed by atoms with E-state index in [0.717, 1.165) is 29.5 Å². The minimum absolute atomic E-state index is 0.227. The Kier molecular flexibility index (Phi) is 4.82. The monoisotopic (exact) mass is 290 g/mol. The Labute approximate surface area is 125 Å². The highest BCUT2D eigenvalue weighted by Gasteiger charge is 2.16. The highest BCUT2D eigenvalue weighted by Crippen LogP contribution is 2.33. The maximum atomic E-state index is 13.6. The van der Waals surface area contributed by atoms with Crippen LogP contribution in [0.3, 0.4) is 0 Å². The predicted octanol–water partition coefficient (Wildman–Crippen LogP) is 5.59. The Balaban J connectivity index is 2.48. The topological polar surface area (TPSA) is 0 Å². The van der Waals surface area contributed by atoms with Crippen LogP contribution in [-0.2, 0) is 12.8 Å². The Hall–Kier alpha value is -1.34. The van der Waals surface area contributed by atoms with E-state index in [4.69, 9.17) is 11.6 Å². The lowest BCUT2D eigenvalue weighted by Gasteiger charge is -2.16. The van der Waals surface area contributed by atoms with E-state index in [1.807, 2.05) is 13.0 Å². The predicted molar refractivity (Wildman–Crippen MR) is 84.0 cm³/mol. The van der Waals surface area contributed by atoms with E-state index in [-0.39, 0.29) is 11.2 Å². The van der Waals surface area contributed by atoms with Crippen molar-refractivity contribution in [2.45, 2.75) is 39.0 Å². The van der Waals surface area contributed by atoms with Crippen LogP contribution in [0.2, 0.25) is 0 Å². The van der Waals surface area contributed by atoms with Gasteiger partial charge in [-0.1, -0.05) is 38.1 Å². The molecule has 0 aromatic heterocycles. The molecule has 2 aromatic rings. The highest BCUT2D eigenvalue weighted by atomic mass is 35.5. The lowest BCUT2D eigenvalue weighted by molar-refractivity contribution is 0.624. The van der Waals surface area contributed by atoms with E-state index >= 15 is 0 Å². The van der Waals surface area contributed by atoms with Gasteiger partial charge in [0.1, 0.15) is 5.82 Å². The molecule has 0 saturated heterocycles. The molecule has 20 heavy (non-hydrogen) atoms. The summed E-state index contributed by atoms with van der Waals surface area (Å²) in [6.45, 7) is 6.13. The summed E-state index contributed by atoms with van der Waals surface area (Å²) in [4.78, 5) is 0. The highest BCUT2D eigenvalue weighted by molar-refractivity contribution is 6.22. The third-order valence-corrected chi connectivity index (χ3v) is 4.12. The minimum atomic E-state index is -0.300. The third kappa shape index (κ3) is 3.21. The van der Waals surface area contributed by atoms with Gasteiger partial charge in [0.2, 0.25) is 0 Å². The van der Waals surface area contributed by atoms with Crippen molar-refractivity contribution in [3.05, 3.63) is 70.0 Å². The van der Waals surface area contributed by atoms with Gasteiger partial charge in [-0.2, -0.15) is 0 Å². The first-order valence-corrected chi connectivity index (χ1v) is 7.51. The van der Waals surface area contributed by atoms with Crippen LogP contribution in [0.4, 0.5) is 4.39 Å². The van der Waals surface area contributed by atoms with Gasteiger partial charge in [-0.3, -0.25) is 0 Å². The maximum Gasteiger partial charge on any atom is 0.123 e. The summed E-state index contributed by atoms with van der Waals surface area (Å²) in [5.74, 6) is -0.227. The van der Waals surface area contributed by atoms with Crippen molar-refractivity contribution in [2.24, 2.45) is 0 Å². The summed E-state index contributed by atoms with van der Waals surface area (Å²) in [5, 5.41) is -0.300. The first kappa shape index (κ1) is 15.1. The zero-order valence-corrected chi connectivity index (χ0v) is 13.0. The van der Waals surface area contributed by atoms with Crippen molar-refractivity contribution < 1.29 is 4.39 Å². The van der Waals surface area contributed by atoms with E-state index in [1.165, 1.54) is 23.3 Å². The van der Waals surface area contributed by atoms with Crippen LogP contribution in [-0.4, -0.2) is 0 Å². The molecule has 106 valence electrons. The molecule has 0 bridgehead atoms. The Morgan fingerprint density at radius 2 is 1.80 bits per heavy atom. The molecule has 0 saturated carbocycles. The van der Waals surface area contributed by atoms with E-state index in [1.54, 1.807) is 0 Å².